The van der Waals surface area contributed by atoms with Crippen molar-refractivity contribution in [2.75, 3.05) is 0 Å². The van der Waals surface area contributed by atoms with Gasteiger partial charge < -0.3 is 8.98 Å². The Hall–Kier alpha value is -3.60. The number of para-hydroxylation sites is 2. The molecule has 5 nitrogen and oxygen atoms in total. The predicted octanol–water partition coefficient (Wildman–Crippen LogP) is 4.38. The Kier molecular flexibility index (Phi) is 4.11. The second kappa shape index (κ2) is 6.72. The van der Waals surface area contributed by atoms with Crippen molar-refractivity contribution in [3.63, 3.8) is 0 Å². The topological polar surface area (TPSA) is 59.5 Å². The SMILES string of the molecule is CC(=NNC(=O)c1ccccc1-n1cccc1)c1cc2ccccc2o1. The maximum absolute atomic E-state index is 12.6. The lowest BCUT2D eigenvalue weighted by molar-refractivity contribution is 0.0955. The minimum Gasteiger partial charge on any atom is -0.455 e. The van der Waals surface area contributed by atoms with Crippen molar-refractivity contribution in [1.82, 2.24) is 9.99 Å². The van der Waals surface area contributed by atoms with E-state index in [0.29, 0.717) is 17.0 Å². The zero-order valence-corrected chi connectivity index (χ0v) is 14.2. The Bertz CT molecular complexity index is 1060. The molecule has 0 saturated heterocycles. The molecule has 5 heteroatoms. The molecule has 0 unspecified atom stereocenters. The first-order valence-electron chi connectivity index (χ1n) is 8.28. The van der Waals surface area contributed by atoms with Crippen LogP contribution in [0.3, 0.4) is 0 Å². The monoisotopic (exact) mass is 343 g/mol. The van der Waals surface area contributed by atoms with Crippen molar-refractivity contribution in [2.24, 2.45) is 5.10 Å². The van der Waals surface area contributed by atoms with E-state index in [1.54, 1.807) is 13.0 Å². The van der Waals surface area contributed by atoms with E-state index in [1.807, 2.05) is 77.6 Å². The molecule has 2 aromatic heterocycles. The molecular weight excluding hydrogens is 326 g/mol. The highest BCUT2D eigenvalue weighted by molar-refractivity contribution is 6.02. The molecule has 2 aromatic carbocycles. The van der Waals surface area contributed by atoms with E-state index in [4.69, 9.17) is 4.42 Å². The minimum atomic E-state index is -0.273. The van der Waals surface area contributed by atoms with Gasteiger partial charge in [-0.2, -0.15) is 5.10 Å². The Labute approximate surface area is 150 Å². The van der Waals surface area contributed by atoms with Crippen molar-refractivity contribution < 1.29 is 9.21 Å². The lowest BCUT2D eigenvalue weighted by atomic mass is 10.1. The van der Waals surface area contributed by atoms with Crippen molar-refractivity contribution in [3.8, 4) is 5.69 Å². The molecule has 0 saturated carbocycles. The second-order valence-corrected chi connectivity index (χ2v) is 5.89. The zero-order chi connectivity index (χ0) is 17.9. The van der Waals surface area contributed by atoms with Crippen molar-refractivity contribution in [1.29, 1.82) is 0 Å². The fourth-order valence-corrected chi connectivity index (χ4v) is 2.80. The van der Waals surface area contributed by atoms with Gasteiger partial charge in [-0.3, -0.25) is 4.79 Å². The van der Waals surface area contributed by atoms with Crippen LogP contribution >= 0.6 is 0 Å². The average molecular weight is 343 g/mol. The fourth-order valence-electron chi connectivity index (χ4n) is 2.80. The first kappa shape index (κ1) is 15.9. The van der Waals surface area contributed by atoms with Crippen LogP contribution < -0.4 is 5.43 Å². The van der Waals surface area contributed by atoms with Gasteiger partial charge in [0, 0.05) is 17.8 Å². The number of hydrogen-bond donors (Lipinski definition) is 1. The molecule has 0 atom stereocenters. The number of fused-ring (bicyclic) bond motifs is 1. The first-order chi connectivity index (χ1) is 12.7. The molecule has 1 amide bonds. The van der Waals surface area contributed by atoms with E-state index >= 15 is 0 Å². The fraction of sp³-hybridized carbons (Fsp3) is 0.0476. The van der Waals surface area contributed by atoms with Crippen LogP contribution in [0.5, 0.6) is 0 Å². The number of carbonyl (C=O) groups is 1. The molecule has 4 rings (SSSR count). The third-order valence-corrected chi connectivity index (χ3v) is 4.14. The number of amides is 1. The Morgan fingerprint density at radius 3 is 2.54 bits per heavy atom. The smallest absolute Gasteiger partial charge is 0.273 e. The van der Waals surface area contributed by atoms with E-state index in [1.165, 1.54) is 0 Å². The summed E-state index contributed by atoms with van der Waals surface area (Å²) in [5.41, 5.74) is 5.36. The van der Waals surface area contributed by atoms with Gasteiger partial charge in [0.2, 0.25) is 0 Å². The quantitative estimate of drug-likeness (QED) is 0.442. The predicted molar refractivity (Wildman–Crippen MR) is 102 cm³/mol. The van der Waals surface area contributed by atoms with Gasteiger partial charge in [0.05, 0.1) is 11.3 Å². The van der Waals surface area contributed by atoms with E-state index in [0.717, 1.165) is 16.7 Å². The number of benzene rings is 2. The molecule has 0 radical (unpaired) electrons. The van der Waals surface area contributed by atoms with Crippen LogP contribution in [-0.4, -0.2) is 16.2 Å². The lowest BCUT2D eigenvalue weighted by Gasteiger charge is -2.09. The van der Waals surface area contributed by atoms with Crippen molar-refractivity contribution >= 4 is 22.6 Å². The normalized spacial score (nSPS) is 11.7. The van der Waals surface area contributed by atoms with Crippen LogP contribution in [0, 0.1) is 0 Å². The highest BCUT2D eigenvalue weighted by atomic mass is 16.3. The van der Waals surface area contributed by atoms with Gasteiger partial charge in [-0.05, 0) is 43.3 Å². The van der Waals surface area contributed by atoms with Crippen LogP contribution in [0.2, 0.25) is 0 Å². The summed E-state index contributed by atoms with van der Waals surface area (Å²) < 4.78 is 7.66. The Balaban J connectivity index is 1.58. The second-order valence-electron chi connectivity index (χ2n) is 5.89. The van der Waals surface area contributed by atoms with Crippen molar-refractivity contribution in [2.45, 2.75) is 6.92 Å². The van der Waals surface area contributed by atoms with Gasteiger partial charge in [-0.25, -0.2) is 5.43 Å². The number of carbonyl (C=O) groups excluding carboxylic acids is 1. The van der Waals surface area contributed by atoms with E-state index in [2.05, 4.69) is 10.5 Å². The number of rotatable bonds is 4. The standard InChI is InChI=1S/C21H17N3O2/c1-15(20-14-16-8-2-5-11-19(16)26-20)22-23-21(25)17-9-3-4-10-18(17)24-12-6-7-13-24/h2-14H,1H3,(H,23,25). The summed E-state index contributed by atoms with van der Waals surface area (Å²) in [6, 6.07) is 20.9. The summed E-state index contributed by atoms with van der Waals surface area (Å²) in [6.45, 7) is 1.80. The van der Waals surface area contributed by atoms with Gasteiger partial charge in [0.1, 0.15) is 11.3 Å². The summed E-state index contributed by atoms with van der Waals surface area (Å²) in [5, 5.41) is 5.20. The van der Waals surface area contributed by atoms with Gasteiger partial charge in [-0.15, -0.1) is 0 Å². The summed E-state index contributed by atoms with van der Waals surface area (Å²) in [5.74, 6) is 0.356. The van der Waals surface area contributed by atoms with Crippen LogP contribution in [0.4, 0.5) is 0 Å². The van der Waals surface area contributed by atoms with Crippen LogP contribution in [0.25, 0.3) is 16.7 Å². The highest BCUT2D eigenvalue weighted by Gasteiger charge is 2.12. The molecule has 0 aliphatic rings. The summed E-state index contributed by atoms with van der Waals surface area (Å²) in [7, 11) is 0. The van der Waals surface area contributed by atoms with Crippen LogP contribution in [0.15, 0.2) is 88.6 Å². The number of nitrogens with zero attached hydrogens (tertiary/aromatic N) is 2. The maximum Gasteiger partial charge on any atom is 0.273 e. The molecule has 1 N–H and O–H groups in total. The van der Waals surface area contributed by atoms with Gasteiger partial charge >= 0.3 is 0 Å². The number of nitrogens with one attached hydrogen (secondary N) is 1. The van der Waals surface area contributed by atoms with Crippen LogP contribution in [-0.2, 0) is 0 Å². The zero-order valence-electron chi connectivity index (χ0n) is 14.2. The van der Waals surface area contributed by atoms with Crippen molar-refractivity contribution in [3.05, 3.63) is 90.4 Å². The summed E-state index contributed by atoms with van der Waals surface area (Å²) >= 11 is 0. The molecular formula is C21H17N3O2. The molecule has 0 aliphatic heterocycles. The summed E-state index contributed by atoms with van der Waals surface area (Å²) in [4.78, 5) is 12.6. The summed E-state index contributed by atoms with van der Waals surface area (Å²) in [6.07, 6.45) is 3.80. The van der Waals surface area contributed by atoms with Gasteiger partial charge in [0.15, 0.2) is 5.76 Å². The molecule has 0 spiro atoms. The maximum atomic E-state index is 12.6. The van der Waals surface area contributed by atoms with Crippen LogP contribution in [0.1, 0.15) is 23.0 Å². The molecule has 2 heterocycles. The number of aromatic nitrogens is 1. The third-order valence-electron chi connectivity index (χ3n) is 4.14. The average Bonchev–Trinajstić information content (AvgIpc) is 3.35. The first-order valence-corrected chi connectivity index (χ1v) is 8.28. The van der Waals surface area contributed by atoms with Gasteiger partial charge in [0.25, 0.3) is 5.91 Å². The molecule has 0 aliphatic carbocycles. The molecule has 0 bridgehead atoms. The van der Waals surface area contributed by atoms with Gasteiger partial charge in [-0.1, -0.05) is 30.3 Å². The lowest BCUT2D eigenvalue weighted by Crippen LogP contribution is -2.21. The number of hydrazone groups is 1. The molecule has 128 valence electrons. The number of hydrogen-bond acceptors (Lipinski definition) is 3. The highest BCUT2D eigenvalue weighted by Crippen LogP contribution is 2.19. The Morgan fingerprint density at radius 2 is 1.73 bits per heavy atom. The number of furan rings is 1. The van der Waals surface area contributed by atoms with E-state index in [9.17, 15) is 4.79 Å². The van der Waals surface area contributed by atoms with E-state index < -0.39 is 0 Å². The largest absolute Gasteiger partial charge is 0.455 e. The minimum absolute atomic E-state index is 0.273. The Morgan fingerprint density at radius 1 is 1.00 bits per heavy atom. The molecule has 0 fully saturated rings. The molecule has 4 aromatic rings. The van der Waals surface area contributed by atoms with E-state index in [-0.39, 0.29) is 5.91 Å². The third kappa shape index (κ3) is 3.02. The molecule has 26 heavy (non-hydrogen) atoms.